The summed E-state index contributed by atoms with van der Waals surface area (Å²) in [4.78, 5) is 0. The Bertz CT molecular complexity index is 485. The topological polar surface area (TPSA) is 110 Å². The molecule has 8 heteroatoms. The number of hydrogen-bond acceptors (Lipinski definition) is 6. The summed E-state index contributed by atoms with van der Waals surface area (Å²) in [5.74, 6) is -1.23. The predicted octanol–water partition coefficient (Wildman–Crippen LogP) is -2.88. The molecule has 0 aliphatic carbocycles. The molecule has 0 aliphatic heterocycles. The Balaban J connectivity index is 0.00000225. The summed E-state index contributed by atoms with van der Waals surface area (Å²) in [6.45, 7) is 0. The van der Waals surface area contributed by atoms with Gasteiger partial charge in [-0.2, -0.15) is 0 Å². The first-order valence-electron chi connectivity index (χ1n) is 3.87. The van der Waals surface area contributed by atoms with E-state index in [0.29, 0.717) is 0 Å². The molecule has 0 aliphatic rings. The van der Waals surface area contributed by atoms with E-state index in [1.54, 1.807) is 0 Å². The summed E-state index contributed by atoms with van der Waals surface area (Å²) in [6.07, 6.45) is 0. The van der Waals surface area contributed by atoms with Crippen LogP contribution in [-0.4, -0.2) is 34.7 Å². The Hall–Kier alpha value is -0.600. The van der Waals surface area contributed by atoms with E-state index >= 15 is 0 Å². The van der Waals surface area contributed by atoms with Gasteiger partial charge in [-0.25, -0.2) is 8.42 Å². The van der Waals surface area contributed by atoms with Gasteiger partial charge in [-0.3, -0.25) is 0 Å². The Labute approximate surface area is 115 Å². The van der Waals surface area contributed by atoms with Crippen LogP contribution in [0.3, 0.4) is 0 Å². The van der Waals surface area contributed by atoms with Crippen molar-refractivity contribution in [3.8, 4) is 5.75 Å². The first-order chi connectivity index (χ1) is 6.94. The zero-order valence-electron chi connectivity index (χ0n) is 8.49. The minimum Gasteiger partial charge on any atom is -0.748 e. The van der Waals surface area contributed by atoms with E-state index in [9.17, 15) is 18.1 Å². The van der Waals surface area contributed by atoms with E-state index < -0.39 is 15.9 Å². The van der Waals surface area contributed by atoms with Crippen LogP contribution >= 0.6 is 0 Å². The molecule has 0 bridgehead atoms. The molecule has 0 amide bonds. The maximum Gasteiger partial charge on any atom is 1.00 e. The first kappa shape index (κ1) is 15.4. The number of phenolic OH excluding ortho intramolecular Hbond substituents is 1. The quantitative estimate of drug-likeness (QED) is 0.198. The SMILES string of the molecule is O=S(=O)([O-])C/C(=N\O)c1ccccc1O.[Na+]. The number of para-hydroxylation sites is 1. The average molecular weight is 253 g/mol. The van der Waals surface area contributed by atoms with E-state index in [0.717, 1.165) is 0 Å². The van der Waals surface area contributed by atoms with Gasteiger partial charge >= 0.3 is 29.6 Å². The molecule has 1 rings (SSSR count). The van der Waals surface area contributed by atoms with Crippen LogP contribution in [0.4, 0.5) is 0 Å². The summed E-state index contributed by atoms with van der Waals surface area (Å²) >= 11 is 0. The molecule has 0 saturated heterocycles. The van der Waals surface area contributed by atoms with Gasteiger partial charge in [-0.15, -0.1) is 0 Å². The third kappa shape index (κ3) is 4.50. The van der Waals surface area contributed by atoms with Crippen molar-refractivity contribution in [2.24, 2.45) is 5.16 Å². The Kier molecular flexibility index (Phi) is 5.98. The number of hydrogen-bond donors (Lipinski definition) is 2. The molecule has 82 valence electrons. The standard InChI is InChI=1S/C8H9NO5S.Na/c10-8-4-2-1-3-6(8)7(9-11)5-15(12,13)14;/h1-4,10-11H,5H2,(H,12,13,14);/q;+1/p-1/b9-7+;. The van der Waals surface area contributed by atoms with E-state index in [2.05, 4.69) is 5.16 Å². The Morgan fingerprint density at radius 3 is 2.38 bits per heavy atom. The second-order valence-electron chi connectivity index (χ2n) is 2.77. The van der Waals surface area contributed by atoms with Crippen LogP contribution in [0.5, 0.6) is 5.75 Å². The van der Waals surface area contributed by atoms with Gasteiger partial charge in [0.25, 0.3) is 0 Å². The van der Waals surface area contributed by atoms with Gasteiger partial charge in [-0.05, 0) is 12.1 Å². The Morgan fingerprint density at radius 2 is 1.94 bits per heavy atom. The normalized spacial score (nSPS) is 11.9. The third-order valence-corrected chi connectivity index (χ3v) is 2.28. The summed E-state index contributed by atoms with van der Waals surface area (Å²) < 4.78 is 31.4. The van der Waals surface area contributed by atoms with Gasteiger partial charge in [0.05, 0.1) is 5.75 Å². The first-order valence-corrected chi connectivity index (χ1v) is 5.44. The van der Waals surface area contributed by atoms with Gasteiger partial charge in [0.15, 0.2) is 0 Å². The number of oxime groups is 1. The predicted molar refractivity (Wildman–Crippen MR) is 51.0 cm³/mol. The van der Waals surface area contributed by atoms with Crippen LogP contribution in [0.15, 0.2) is 29.4 Å². The zero-order valence-corrected chi connectivity index (χ0v) is 11.3. The van der Waals surface area contributed by atoms with Gasteiger partial charge in [-0.1, -0.05) is 17.3 Å². The van der Waals surface area contributed by atoms with Crippen molar-refractivity contribution in [1.29, 1.82) is 0 Å². The summed E-state index contributed by atoms with van der Waals surface area (Å²) in [5.41, 5.74) is -0.373. The van der Waals surface area contributed by atoms with Gasteiger partial charge in [0, 0.05) is 5.56 Å². The van der Waals surface area contributed by atoms with Crippen molar-refractivity contribution in [2.75, 3.05) is 5.75 Å². The molecule has 0 spiro atoms. The number of phenols is 1. The average Bonchev–Trinajstić information content (AvgIpc) is 2.14. The molecule has 2 N–H and O–H groups in total. The second kappa shape index (κ2) is 6.21. The maximum atomic E-state index is 10.5. The fourth-order valence-electron chi connectivity index (χ4n) is 1.05. The molecular weight excluding hydrogens is 245 g/mol. The molecule has 0 aromatic heterocycles. The van der Waals surface area contributed by atoms with Gasteiger partial charge in [0.1, 0.15) is 21.6 Å². The maximum absolute atomic E-state index is 10.5. The number of rotatable bonds is 3. The van der Waals surface area contributed by atoms with E-state index in [4.69, 9.17) is 5.21 Å². The fourth-order valence-corrected chi connectivity index (χ4v) is 1.59. The smallest absolute Gasteiger partial charge is 0.748 e. The molecule has 16 heavy (non-hydrogen) atoms. The van der Waals surface area contributed by atoms with Crippen molar-refractivity contribution < 1.29 is 52.8 Å². The van der Waals surface area contributed by atoms with Gasteiger partial charge < -0.3 is 14.9 Å². The van der Waals surface area contributed by atoms with Crippen LogP contribution in [0.25, 0.3) is 0 Å². The third-order valence-electron chi connectivity index (χ3n) is 1.65. The number of aromatic hydroxyl groups is 1. The van der Waals surface area contributed by atoms with Crippen LogP contribution in [0, 0.1) is 0 Å². The van der Waals surface area contributed by atoms with E-state index in [1.165, 1.54) is 24.3 Å². The molecule has 0 heterocycles. The van der Waals surface area contributed by atoms with Crippen molar-refractivity contribution in [3.63, 3.8) is 0 Å². The monoisotopic (exact) mass is 253 g/mol. The second-order valence-corrected chi connectivity index (χ2v) is 4.17. The molecule has 0 fully saturated rings. The summed E-state index contributed by atoms with van der Waals surface area (Å²) in [6, 6.07) is 5.66. The summed E-state index contributed by atoms with van der Waals surface area (Å²) in [7, 11) is -4.55. The minimum atomic E-state index is -4.55. The van der Waals surface area contributed by atoms with Crippen molar-refractivity contribution >= 4 is 15.8 Å². The van der Waals surface area contributed by atoms with Crippen LogP contribution in [0.1, 0.15) is 5.56 Å². The molecule has 1 aromatic carbocycles. The van der Waals surface area contributed by atoms with E-state index in [-0.39, 0.29) is 46.6 Å². The fraction of sp³-hybridized carbons (Fsp3) is 0.125. The molecular formula is C8H8NNaO5S. The largest absolute Gasteiger partial charge is 1.00 e. The zero-order chi connectivity index (χ0) is 11.5. The molecule has 0 radical (unpaired) electrons. The number of nitrogens with zero attached hydrogens (tertiary/aromatic N) is 1. The van der Waals surface area contributed by atoms with Crippen molar-refractivity contribution in [3.05, 3.63) is 29.8 Å². The summed E-state index contributed by atoms with van der Waals surface area (Å²) in [5, 5.41) is 20.5. The van der Waals surface area contributed by atoms with Crippen molar-refractivity contribution in [2.45, 2.75) is 0 Å². The van der Waals surface area contributed by atoms with Crippen LogP contribution in [-0.2, 0) is 10.1 Å². The molecule has 0 atom stereocenters. The Morgan fingerprint density at radius 1 is 1.38 bits per heavy atom. The molecule has 1 aromatic rings. The van der Waals surface area contributed by atoms with Crippen molar-refractivity contribution in [1.82, 2.24) is 0 Å². The molecule has 6 nitrogen and oxygen atoms in total. The van der Waals surface area contributed by atoms with E-state index in [1.807, 2.05) is 0 Å². The van der Waals surface area contributed by atoms with Crippen LogP contribution < -0.4 is 29.6 Å². The molecule has 0 saturated carbocycles. The van der Waals surface area contributed by atoms with Crippen LogP contribution in [0.2, 0.25) is 0 Å². The molecule has 0 unspecified atom stereocenters. The minimum absolute atomic E-state index is 0. The van der Waals surface area contributed by atoms with Gasteiger partial charge in [0.2, 0.25) is 0 Å². The number of benzene rings is 1.